The molecule has 0 atom stereocenters. The summed E-state index contributed by atoms with van der Waals surface area (Å²) in [5.41, 5.74) is 6.79. The number of anilines is 3. The number of aliphatic imine (C=N–C) groups is 1. The van der Waals surface area contributed by atoms with Gasteiger partial charge in [0.1, 0.15) is 5.84 Å². The number of aromatic nitrogens is 2. The van der Waals surface area contributed by atoms with Crippen LogP contribution >= 0.6 is 0 Å². The topological polar surface area (TPSA) is 104 Å². The molecule has 0 unspecified atom stereocenters. The largest absolute Gasteiger partial charge is 0.378 e. The predicted octanol–water partition coefficient (Wildman–Crippen LogP) is 1.11. The van der Waals surface area contributed by atoms with E-state index in [-0.39, 0.29) is 12.3 Å². The number of rotatable bonds is 4. The van der Waals surface area contributed by atoms with Crippen LogP contribution in [0.1, 0.15) is 6.42 Å². The number of hydrazine groups is 1. The van der Waals surface area contributed by atoms with Gasteiger partial charge in [0, 0.05) is 13.1 Å². The Labute approximate surface area is 150 Å². The van der Waals surface area contributed by atoms with E-state index in [0.717, 1.165) is 24.6 Å². The van der Waals surface area contributed by atoms with Crippen molar-refractivity contribution in [2.24, 2.45) is 4.99 Å². The lowest BCUT2D eigenvalue weighted by molar-refractivity contribution is -0.119. The zero-order valence-electron chi connectivity index (χ0n) is 14.1. The van der Waals surface area contributed by atoms with Crippen molar-refractivity contribution in [3.63, 3.8) is 0 Å². The lowest BCUT2D eigenvalue weighted by Crippen LogP contribution is -2.36. The first kappa shape index (κ1) is 16.3. The average Bonchev–Trinajstić information content (AvgIpc) is 3.09. The van der Waals surface area contributed by atoms with Crippen LogP contribution in [0.3, 0.4) is 0 Å². The Morgan fingerprint density at radius 1 is 1.08 bits per heavy atom. The molecule has 1 aromatic carbocycles. The van der Waals surface area contributed by atoms with Crippen LogP contribution in [0.15, 0.2) is 41.4 Å². The molecule has 4 rings (SSSR count). The second-order valence-corrected chi connectivity index (χ2v) is 5.93. The number of carbonyl (C=O) groups excluding carboxylic acids is 1. The summed E-state index contributed by atoms with van der Waals surface area (Å²) in [4.78, 5) is 17.9. The Morgan fingerprint density at radius 3 is 2.65 bits per heavy atom. The normalized spacial score (nSPS) is 18.5. The average molecular weight is 353 g/mol. The van der Waals surface area contributed by atoms with Gasteiger partial charge in [-0.3, -0.25) is 15.6 Å². The number of carbonyl (C=O) groups is 1. The fourth-order valence-corrected chi connectivity index (χ4v) is 2.76. The van der Waals surface area contributed by atoms with Gasteiger partial charge in [-0.25, -0.2) is 4.99 Å². The molecule has 2 saturated heterocycles. The van der Waals surface area contributed by atoms with Gasteiger partial charge >= 0.3 is 0 Å². The summed E-state index contributed by atoms with van der Waals surface area (Å²) >= 11 is 0. The molecule has 3 N–H and O–H groups in total. The first-order valence-electron chi connectivity index (χ1n) is 8.43. The molecule has 0 saturated carbocycles. The molecule has 9 nitrogen and oxygen atoms in total. The van der Waals surface area contributed by atoms with Gasteiger partial charge in [-0.1, -0.05) is 12.1 Å². The second kappa shape index (κ2) is 7.36. The van der Waals surface area contributed by atoms with E-state index < -0.39 is 0 Å². The maximum absolute atomic E-state index is 11.3. The minimum atomic E-state index is -0.0984. The predicted molar refractivity (Wildman–Crippen MR) is 97.8 cm³/mol. The van der Waals surface area contributed by atoms with E-state index in [0.29, 0.717) is 30.6 Å². The number of morpholine rings is 1. The Kier molecular flexibility index (Phi) is 4.61. The van der Waals surface area contributed by atoms with Gasteiger partial charge in [-0.05, 0) is 24.3 Å². The summed E-state index contributed by atoms with van der Waals surface area (Å²) < 4.78 is 5.35. The van der Waals surface area contributed by atoms with Crippen molar-refractivity contribution in [3.05, 3.63) is 36.4 Å². The molecular formula is C17H19N7O2. The van der Waals surface area contributed by atoms with Gasteiger partial charge in [0.25, 0.3) is 0 Å². The molecule has 1 aromatic heterocycles. The van der Waals surface area contributed by atoms with Gasteiger partial charge in [-0.15, -0.1) is 10.2 Å². The molecule has 2 aliphatic heterocycles. The smallest absolute Gasteiger partial charge is 0.245 e. The third-order valence-electron chi connectivity index (χ3n) is 4.08. The molecule has 3 heterocycles. The van der Waals surface area contributed by atoms with Crippen molar-refractivity contribution < 1.29 is 9.53 Å². The fraction of sp³-hybridized carbons (Fsp3) is 0.294. The quantitative estimate of drug-likeness (QED) is 0.756. The number of nitrogens with zero attached hydrogens (tertiary/aromatic N) is 4. The zero-order valence-corrected chi connectivity index (χ0v) is 14.1. The highest BCUT2D eigenvalue weighted by molar-refractivity contribution is 6.06. The molecule has 2 fully saturated rings. The lowest BCUT2D eigenvalue weighted by Gasteiger charge is -2.27. The van der Waals surface area contributed by atoms with Crippen LogP contribution in [0.4, 0.5) is 23.0 Å². The summed E-state index contributed by atoms with van der Waals surface area (Å²) in [6.45, 7) is 3.06. The summed E-state index contributed by atoms with van der Waals surface area (Å²) in [5, 5.41) is 11.8. The number of nitrogens with one attached hydrogen (secondary N) is 3. The second-order valence-electron chi connectivity index (χ2n) is 5.93. The highest BCUT2D eigenvalue weighted by Gasteiger charge is 2.16. The van der Waals surface area contributed by atoms with Gasteiger partial charge in [-0.2, -0.15) is 0 Å². The minimum Gasteiger partial charge on any atom is -0.378 e. The van der Waals surface area contributed by atoms with E-state index in [9.17, 15) is 4.79 Å². The first-order chi connectivity index (χ1) is 12.8. The molecule has 0 aliphatic carbocycles. The Hall–Kier alpha value is -3.20. The van der Waals surface area contributed by atoms with Crippen molar-refractivity contribution in [3.8, 4) is 0 Å². The van der Waals surface area contributed by atoms with E-state index >= 15 is 0 Å². The summed E-state index contributed by atoms with van der Waals surface area (Å²) in [5.74, 6) is 1.95. The number of amidine groups is 1. The van der Waals surface area contributed by atoms with Crippen LogP contribution in [-0.2, 0) is 9.53 Å². The summed E-state index contributed by atoms with van der Waals surface area (Å²) in [6.07, 6.45) is 0.238. The maximum Gasteiger partial charge on any atom is 0.245 e. The third-order valence-corrected chi connectivity index (χ3v) is 4.08. The Balaban J connectivity index is 1.49. The van der Waals surface area contributed by atoms with Gasteiger partial charge in [0.2, 0.25) is 5.91 Å². The van der Waals surface area contributed by atoms with Crippen molar-refractivity contribution in [1.82, 2.24) is 21.0 Å². The third kappa shape index (κ3) is 3.72. The molecule has 9 heteroatoms. The molecule has 2 aliphatic rings. The molecule has 1 amide bonds. The zero-order chi connectivity index (χ0) is 17.8. The van der Waals surface area contributed by atoms with Crippen LogP contribution in [0.5, 0.6) is 0 Å². The lowest BCUT2D eigenvalue weighted by atomic mass is 10.2. The van der Waals surface area contributed by atoms with Crippen LogP contribution in [0.25, 0.3) is 0 Å². The van der Waals surface area contributed by atoms with Crippen molar-refractivity contribution in [2.75, 3.05) is 36.5 Å². The van der Waals surface area contributed by atoms with Crippen molar-refractivity contribution in [1.29, 1.82) is 0 Å². The number of amides is 1. The molecule has 0 radical (unpaired) electrons. The monoisotopic (exact) mass is 353 g/mol. The molecular weight excluding hydrogens is 334 g/mol. The van der Waals surface area contributed by atoms with Crippen LogP contribution in [0.2, 0.25) is 0 Å². The molecule has 2 aromatic rings. The molecule has 0 spiro atoms. The van der Waals surface area contributed by atoms with Crippen LogP contribution in [-0.4, -0.2) is 48.2 Å². The highest BCUT2D eigenvalue weighted by atomic mass is 16.5. The van der Waals surface area contributed by atoms with E-state index in [4.69, 9.17) is 4.74 Å². The number of hydrogen-bond acceptors (Lipinski definition) is 7. The Bertz CT molecular complexity index is 816. The van der Waals surface area contributed by atoms with Gasteiger partial charge < -0.3 is 15.0 Å². The number of benzene rings is 1. The van der Waals surface area contributed by atoms with Gasteiger partial charge in [0.05, 0.1) is 31.0 Å². The highest BCUT2D eigenvalue weighted by Crippen LogP contribution is 2.27. The number of ether oxygens (including phenoxy) is 1. The SMILES string of the molecule is O=C1CC(=Nc2ccccc2Nc2ccc(N3CCOCC3)nn2)NN1. The minimum absolute atomic E-state index is 0.0984. The molecule has 0 bridgehead atoms. The van der Waals surface area contributed by atoms with Crippen LogP contribution in [0, 0.1) is 0 Å². The van der Waals surface area contributed by atoms with E-state index in [1.165, 1.54) is 0 Å². The fourth-order valence-electron chi connectivity index (χ4n) is 2.76. The van der Waals surface area contributed by atoms with Crippen molar-refractivity contribution >= 4 is 34.8 Å². The van der Waals surface area contributed by atoms with E-state index in [2.05, 4.69) is 36.3 Å². The number of para-hydroxylation sites is 2. The first-order valence-corrected chi connectivity index (χ1v) is 8.43. The summed E-state index contributed by atoms with van der Waals surface area (Å²) in [7, 11) is 0. The number of hydrogen-bond donors (Lipinski definition) is 3. The standard InChI is InChI=1S/C17H19N7O2/c25-17-11-15(21-23-17)19-13-4-2-1-3-12(13)18-14-5-6-16(22-20-14)24-7-9-26-10-8-24/h1-6H,7-11H2,(H,18,20)(H,19,21)(H,23,25). The van der Waals surface area contributed by atoms with Crippen molar-refractivity contribution in [2.45, 2.75) is 6.42 Å². The molecule has 134 valence electrons. The Morgan fingerprint density at radius 2 is 1.92 bits per heavy atom. The van der Waals surface area contributed by atoms with Gasteiger partial charge in [0.15, 0.2) is 11.6 Å². The van der Waals surface area contributed by atoms with E-state index in [1.807, 2.05) is 36.4 Å². The molecule has 26 heavy (non-hydrogen) atoms. The maximum atomic E-state index is 11.3. The van der Waals surface area contributed by atoms with E-state index in [1.54, 1.807) is 0 Å². The van der Waals surface area contributed by atoms with Crippen LogP contribution < -0.4 is 21.1 Å². The summed E-state index contributed by atoms with van der Waals surface area (Å²) in [6, 6.07) is 11.4.